The van der Waals surface area contributed by atoms with E-state index in [1.165, 1.54) is 45.5 Å². The lowest BCUT2D eigenvalue weighted by Crippen LogP contribution is -2.34. The van der Waals surface area contributed by atoms with Crippen LogP contribution in [-0.2, 0) is 0 Å². The van der Waals surface area contributed by atoms with Crippen molar-refractivity contribution in [1.29, 1.82) is 0 Å². The fourth-order valence-electron chi connectivity index (χ4n) is 6.31. The van der Waals surface area contributed by atoms with Crippen molar-refractivity contribution >= 4 is 29.6 Å². The summed E-state index contributed by atoms with van der Waals surface area (Å²) in [5.41, 5.74) is 11.5. The van der Waals surface area contributed by atoms with E-state index >= 15 is 0 Å². The molecule has 0 aliphatic carbocycles. The van der Waals surface area contributed by atoms with Gasteiger partial charge in [-0.15, -0.1) is 0 Å². The normalized spacial score (nSPS) is 17.1. The fraction of sp³-hybridized carbons (Fsp3) is 0.118. The van der Waals surface area contributed by atoms with Gasteiger partial charge in [0.05, 0.1) is 0 Å². The molecule has 2 aliphatic heterocycles. The van der Waals surface area contributed by atoms with Crippen molar-refractivity contribution in [3.05, 3.63) is 155 Å². The maximum atomic E-state index is 2.37. The van der Waals surface area contributed by atoms with Crippen LogP contribution >= 0.6 is 0 Å². The first-order chi connectivity index (χ1) is 17.2. The van der Waals surface area contributed by atoms with Gasteiger partial charge in [-0.1, -0.05) is 132 Å². The van der Waals surface area contributed by atoms with Gasteiger partial charge in [0.2, 0.25) is 0 Å². The van der Waals surface area contributed by atoms with Crippen LogP contribution < -0.4 is 0 Å². The van der Waals surface area contributed by atoms with Crippen molar-refractivity contribution in [3.8, 4) is 0 Å². The third-order valence-corrected chi connectivity index (χ3v) is 13.1. The maximum Gasteiger partial charge on any atom is 0.129 e. The topological polar surface area (TPSA) is 0 Å². The van der Waals surface area contributed by atoms with Gasteiger partial charge in [0.1, 0.15) is 8.07 Å². The summed E-state index contributed by atoms with van der Waals surface area (Å²) in [7, 11) is -2.14. The third-order valence-electron chi connectivity index (χ3n) is 7.82. The molecule has 6 rings (SSSR count). The molecule has 4 aromatic rings. The smallest absolute Gasteiger partial charge is 0.0767 e. The quantitative estimate of drug-likeness (QED) is 0.208. The van der Waals surface area contributed by atoms with Crippen LogP contribution in [0.3, 0.4) is 0 Å². The molecule has 0 amide bonds. The minimum absolute atomic E-state index is 1.19. The van der Waals surface area contributed by atoms with Crippen LogP contribution in [-0.4, -0.2) is 8.07 Å². The Bertz CT molecular complexity index is 1340. The summed E-state index contributed by atoms with van der Waals surface area (Å²) in [6.07, 6.45) is 0. The number of benzene rings is 4. The molecular formula is C34H30Si. The Kier molecular flexibility index (Phi) is 5.51. The lowest BCUT2D eigenvalue weighted by atomic mass is 9.89. The Morgan fingerprint density at radius 1 is 0.400 bits per heavy atom. The van der Waals surface area contributed by atoms with Gasteiger partial charge in [0, 0.05) is 0 Å². The van der Waals surface area contributed by atoms with Gasteiger partial charge in [0.15, 0.2) is 0 Å². The van der Waals surface area contributed by atoms with Gasteiger partial charge in [-0.3, -0.25) is 0 Å². The molecule has 4 aromatic carbocycles. The van der Waals surface area contributed by atoms with E-state index in [4.69, 9.17) is 0 Å². The average molecular weight is 467 g/mol. The Morgan fingerprint density at radius 2 is 0.686 bits per heavy atom. The van der Waals surface area contributed by atoms with Gasteiger partial charge >= 0.3 is 0 Å². The van der Waals surface area contributed by atoms with Crippen molar-refractivity contribution in [2.75, 3.05) is 0 Å². The molecule has 0 fully saturated rings. The molecule has 2 aliphatic rings. The van der Waals surface area contributed by atoms with Gasteiger partial charge in [-0.25, -0.2) is 0 Å². The van der Waals surface area contributed by atoms with Crippen LogP contribution in [0.5, 0.6) is 0 Å². The lowest BCUT2D eigenvalue weighted by Gasteiger charge is -2.31. The van der Waals surface area contributed by atoms with E-state index < -0.39 is 8.07 Å². The standard InChI is InChI=1S/C34H30Si/c1-25-23-35(24-26(25)2)33(29-19-11-5-12-20-29)31(27-15-7-3-8-16-27)32(28-17-9-4-10-18-28)34(35)30-21-13-6-14-22-30/h3-22H,23-24H2,1-2H3. The monoisotopic (exact) mass is 466 g/mol. The molecule has 35 heavy (non-hydrogen) atoms. The van der Waals surface area contributed by atoms with Gasteiger partial charge in [-0.05, 0) is 69.7 Å². The molecule has 0 N–H and O–H groups in total. The zero-order valence-electron chi connectivity index (χ0n) is 20.5. The molecule has 0 bridgehead atoms. The molecule has 170 valence electrons. The second-order valence-electron chi connectivity index (χ2n) is 9.96. The van der Waals surface area contributed by atoms with Crippen molar-refractivity contribution in [1.82, 2.24) is 0 Å². The summed E-state index contributed by atoms with van der Waals surface area (Å²) >= 11 is 0. The molecule has 0 aromatic heterocycles. The molecule has 0 saturated heterocycles. The molecule has 1 heteroatoms. The zero-order chi connectivity index (χ0) is 23.8. The Hall–Kier alpha value is -3.68. The van der Waals surface area contributed by atoms with Gasteiger partial charge < -0.3 is 0 Å². The largest absolute Gasteiger partial charge is 0.129 e. The summed E-state index contributed by atoms with van der Waals surface area (Å²) in [5, 5.41) is 3.22. The van der Waals surface area contributed by atoms with Crippen molar-refractivity contribution in [2.45, 2.75) is 25.9 Å². The second kappa shape index (κ2) is 8.83. The highest BCUT2D eigenvalue weighted by atomic mass is 28.3. The highest BCUT2D eigenvalue weighted by molar-refractivity contribution is 7.15. The van der Waals surface area contributed by atoms with Crippen LogP contribution in [0.15, 0.2) is 132 Å². The van der Waals surface area contributed by atoms with Crippen molar-refractivity contribution in [3.63, 3.8) is 0 Å². The molecule has 0 radical (unpaired) electrons. The van der Waals surface area contributed by atoms with Crippen LogP contribution in [0.4, 0.5) is 0 Å². The first-order valence-electron chi connectivity index (χ1n) is 12.6. The van der Waals surface area contributed by atoms with Crippen LogP contribution in [0.25, 0.3) is 21.5 Å². The summed E-state index contributed by atoms with van der Waals surface area (Å²) in [6, 6.07) is 47.1. The number of rotatable bonds is 4. The highest BCUT2D eigenvalue weighted by Crippen LogP contribution is 2.61. The molecule has 0 unspecified atom stereocenters. The van der Waals surface area contributed by atoms with Gasteiger partial charge in [0.25, 0.3) is 0 Å². The van der Waals surface area contributed by atoms with Gasteiger partial charge in [-0.2, -0.15) is 0 Å². The second-order valence-corrected chi connectivity index (χ2v) is 13.8. The molecule has 1 spiro atoms. The average Bonchev–Trinajstić information content (AvgIpc) is 3.37. The third kappa shape index (κ3) is 3.59. The first kappa shape index (κ1) is 21.8. The van der Waals surface area contributed by atoms with E-state index in [1.807, 2.05) is 0 Å². The molecule has 0 nitrogen and oxygen atoms in total. The maximum absolute atomic E-state index is 2.37. The minimum atomic E-state index is -2.14. The molecular weight excluding hydrogens is 436 g/mol. The minimum Gasteiger partial charge on any atom is -0.0767 e. The van der Waals surface area contributed by atoms with Crippen molar-refractivity contribution < 1.29 is 0 Å². The molecule has 2 heterocycles. The fourth-order valence-corrected chi connectivity index (χ4v) is 12.7. The Balaban J connectivity index is 1.78. The zero-order valence-corrected chi connectivity index (χ0v) is 21.5. The number of hydrogen-bond donors (Lipinski definition) is 0. The number of hydrogen-bond acceptors (Lipinski definition) is 0. The summed E-state index contributed by atoms with van der Waals surface area (Å²) < 4.78 is 0. The lowest BCUT2D eigenvalue weighted by molar-refractivity contribution is 1.28. The van der Waals surface area contributed by atoms with E-state index in [0.717, 1.165) is 0 Å². The van der Waals surface area contributed by atoms with Crippen molar-refractivity contribution in [2.24, 2.45) is 0 Å². The summed E-state index contributed by atoms with van der Waals surface area (Å²) in [4.78, 5) is 0. The first-order valence-corrected chi connectivity index (χ1v) is 15.0. The van der Waals surface area contributed by atoms with E-state index in [1.54, 1.807) is 21.5 Å². The summed E-state index contributed by atoms with van der Waals surface area (Å²) in [6.45, 7) is 4.73. The molecule has 0 saturated carbocycles. The van der Waals surface area contributed by atoms with Crippen LogP contribution in [0.2, 0.25) is 12.1 Å². The van der Waals surface area contributed by atoms with E-state index in [2.05, 4.69) is 135 Å². The predicted octanol–water partition coefficient (Wildman–Crippen LogP) is 9.10. The van der Waals surface area contributed by atoms with Crippen LogP contribution in [0.1, 0.15) is 36.1 Å². The summed E-state index contributed by atoms with van der Waals surface area (Å²) in [5.74, 6) is 0. The number of allylic oxidation sites excluding steroid dienone is 4. The highest BCUT2D eigenvalue weighted by Gasteiger charge is 2.52. The Morgan fingerprint density at radius 3 is 1.00 bits per heavy atom. The van der Waals surface area contributed by atoms with E-state index in [0.29, 0.717) is 0 Å². The SMILES string of the molecule is CC1=C(C)C[Si]2(C1)C(c1ccccc1)=C(c1ccccc1)C(c1ccccc1)=C2c1ccccc1. The van der Waals surface area contributed by atoms with E-state index in [-0.39, 0.29) is 0 Å². The van der Waals surface area contributed by atoms with E-state index in [9.17, 15) is 0 Å². The molecule has 0 atom stereocenters. The Labute approximate surface area is 210 Å². The predicted molar refractivity (Wildman–Crippen MR) is 153 cm³/mol. The van der Waals surface area contributed by atoms with Crippen LogP contribution in [0, 0.1) is 0 Å².